The second-order valence-electron chi connectivity index (χ2n) is 4.25. The lowest BCUT2D eigenvalue weighted by Crippen LogP contribution is -2.23. The van der Waals surface area contributed by atoms with Crippen molar-refractivity contribution in [1.82, 2.24) is 4.98 Å². The van der Waals surface area contributed by atoms with Gasteiger partial charge in [0.1, 0.15) is 18.3 Å². The highest BCUT2D eigenvalue weighted by atomic mass is 16.5. The fraction of sp³-hybridized carbons (Fsp3) is 0.385. The Bertz CT molecular complexity index is 453. The monoisotopic (exact) mass is 247 g/mol. The van der Waals surface area contributed by atoms with Crippen molar-refractivity contribution in [3.05, 3.63) is 30.1 Å². The Kier molecular flexibility index (Phi) is 3.82. The van der Waals surface area contributed by atoms with Crippen molar-refractivity contribution in [3.8, 4) is 0 Å². The highest BCUT2D eigenvalue weighted by molar-refractivity contribution is 6.01. The van der Waals surface area contributed by atoms with E-state index in [0.717, 1.165) is 12.8 Å². The van der Waals surface area contributed by atoms with Crippen molar-refractivity contribution in [2.24, 2.45) is 5.92 Å². The Morgan fingerprint density at radius 1 is 1.50 bits per heavy atom. The fourth-order valence-electron chi connectivity index (χ4n) is 1.47. The Morgan fingerprint density at radius 2 is 2.28 bits per heavy atom. The second kappa shape index (κ2) is 5.53. The summed E-state index contributed by atoms with van der Waals surface area (Å²) in [5.74, 6) is -1.91. The van der Waals surface area contributed by atoms with Gasteiger partial charge in [-0.2, -0.15) is 0 Å². The Labute approximate surface area is 104 Å². The maximum Gasteiger partial charge on any atom is 0.316 e. The number of hydrogen-bond donors (Lipinski definition) is 0. The van der Waals surface area contributed by atoms with Crippen LogP contribution in [-0.4, -0.2) is 29.1 Å². The van der Waals surface area contributed by atoms with E-state index in [9.17, 15) is 14.4 Å². The van der Waals surface area contributed by atoms with E-state index in [1.165, 1.54) is 6.20 Å². The highest BCUT2D eigenvalue weighted by Gasteiger charge is 2.31. The predicted molar refractivity (Wildman–Crippen MR) is 61.9 cm³/mol. The molecule has 0 N–H and O–H groups in total. The van der Waals surface area contributed by atoms with Crippen LogP contribution in [0.15, 0.2) is 24.5 Å². The number of rotatable bonds is 6. The van der Waals surface area contributed by atoms with E-state index in [0.29, 0.717) is 11.8 Å². The third kappa shape index (κ3) is 3.23. The van der Waals surface area contributed by atoms with Crippen molar-refractivity contribution in [3.63, 3.8) is 0 Å². The van der Waals surface area contributed by atoms with Gasteiger partial charge in [0.15, 0.2) is 5.78 Å². The van der Waals surface area contributed by atoms with Crippen molar-refractivity contribution in [2.45, 2.75) is 25.4 Å². The van der Waals surface area contributed by atoms with Gasteiger partial charge in [-0.25, -0.2) is 0 Å². The quantitative estimate of drug-likeness (QED) is 0.326. The molecule has 94 valence electrons. The summed E-state index contributed by atoms with van der Waals surface area (Å²) in [5, 5.41) is 0. The maximum atomic E-state index is 11.8. The van der Waals surface area contributed by atoms with E-state index in [1.54, 1.807) is 18.3 Å². The average molecular weight is 247 g/mol. The van der Waals surface area contributed by atoms with Gasteiger partial charge in [0.2, 0.25) is 0 Å². The smallest absolute Gasteiger partial charge is 0.316 e. The standard InChI is InChI=1S/C13H13NO4/c15-8-10(13(17)18-11-3-4-11)6-12(16)9-2-1-5-14-7-9/h1-2,5,7-8,10-11H,3-4,6H2. The summed E-state index contributed by atoms with van der Waals surface area (Å²) in [7, 11) is 0. The van der Waals surface area contributed by atoms with Gasteiger partial charge in [0, 0.05) is 24.4 Å². The number of aldehydes is 1. The number of carbonyl (C=O) groups excluding carboxylic acids is 3. The number of aromatic nitrogens is 1. The summed E-state index contributed by atoms with van der Waals surface area (Å²) in [5.41, 5.74) is 0.392. The molecule has 1 aromatic rings. The van der Waals surface area contributed by atoms with Crippen molar-refractivity contribution in [2.75, 3.05) is 0 Å². The van der Waals surface area contributed by atoms with Gasteiger partial charge < -0.3 is 9.53 Å². The van der Waals surface area contributed by atoms with Crippen LogP contribution in [0.3, 0.4) is 0 Å². The zero-order valence-corrected chi connectivity index (χ0v) is 9.74. The van der Waals surface area contributed by atoms with E-state index < -0.39 is 11.9 Å². The molecule has 0 aromatic carbocycles. The first-order valence-corrected chi connectivity index (χ1v) is 5.79. The third-order valence-corrected chi connectivity index (χ3v) is 2.66. The number of ketones is 1. The molecule has 2 rings (SSSR count). The summed E-state index contributed by atoms with van der Waals surface area (Å²) in [6, 6.07) is 3.23. The molecule has 1 aliphatic rings. The number of hydrogen-bond acceptors (Lipinski definition) is 5. The van der Waals surface area contributed by atoms with Gasteiger partial charge in [0.05, 0.1) is 0 Å². The molecular weight excluding hydrogens is 234 g/mol. The molecule has 0 aliphatic heterocycles. The number of carbonyl (C=O) groups is 3. The van der Waals surface area contributed by atoms with Gasteiger partial charge in [0.25, 0.3) is 0 Å². The van der Waals surface area contributed by atoms with Crippen molar-refractivity contribution < 1.29 is 19.1 Å². The van der Waals surface area contributed by atoms with Gasteiger partial charge in [-0.15, -0.1) is 0 Å². The molecule has 1 saturated carbocycles. The summed E-state index contributed by atoms with van der Waals surface area (Å²) < 4.78 is 5.01. The number of Topliss-reactive ketones (excluding diaryl/α,β-unsaturated/α-hetero) is 1. The van der Waals surface area contributed by atoms with Crippen LogP contribution in [0, 0.1) is 5.92 Å². The van der Waals surface area contributed by atoms with E-state index in [-0.39, 0.29) is 18.3 Å². The molecule has 1 fully saturated rings. The minimum Gasteiger partial charge on any atom is -0.462 e. The van der Waals surface area contributed by atoms with Crippen LogP contribution in [0.2, 0.25) is 0 Å². The summed E-state index contributed by atoms with van der Waals surface area (Å²) in [4.78, 5) is 38.0. The second-order valence-corrected chi connectivity index (χ2v) is 4.25. The number of ether oxygens (including phenoxy) is 1. The number of esters is 1. The number of nitrogens with zero attached hydrogens (tertiary/aromatic N) is 1. The highest BCUT2D eigenvalue weighted by Crippen LogP contribution is 2.25. The fourth-order valence-corrected chi connectivity index (χ4v) is 1.47. The van der Waals surface area contributed by atoms with Crippen LogP contribution in [-0.2, 0) is 14.3 Å². The van der Waals surface area contributed by atoms with Gasteiger partial charge in [-0.05, 0) is 25.0 Å². The van der Waals surface area contributed by atoms with Gasteiger partial charge in [-0.3, -0.25) is 14.6 Å². The molecule has 0 amide bonds. The van der Waals surface area contributed by atoms with E-state index in [1.807, 2.05) is 0 Å². The first kappa shape index (κ1) is 12.4. The SMILES string of the molecule is O=CC(CC(=O)c1cccnc1)C(=O)OC1CC1. The van der Waals surface area contributed by atoms with E-state index in [2.05, 4.69) is 4.98 Å². The minimum atomic E-state index is -1.02. The average Bonchev–Trinajstić information content (AvgIpc) is 3.20. The van der Waals surface area contributed by atoms with Crippen LogP contribution < -0.4 is 0 Å². The predicted octanol–water partition coefficient (Wildman–Crippen LogP) is 1.18. The van der Waals surface area contributed by atoms with E-state index >= 15 is 0 Å². The largest absolute Gasteiger partial charge is 0.462 e. The Balaban J connectivity index is 1.95. The normalized spacial score (nSPS) is 15.8. The first-order valence-electron chi connectivity index (χ1n) is 5.79. The molecule has 0 radical (unpaired) electrons. The van der Waals surface area contributed by atoms with Gasteiger partial charge >= 0.3 is 5.97 Å². The maximum absolute atomic E-state index is 11.8. The molecule has 0 saturated heterocycles. The molecule has 5 nitrogen and oxygen atoms in total. The molecule has 1 atom stereocenters. The summed E-state index contributed by atoms with van der Waals surface area (Å²) in [6.45, 7) is 0. The molecular formula is C13H13NO4. The minimum absolute atomic E-state index is 0.0616. The lowest BCUT2D eigenvalue weighted by Gasteiger charge is -2.09. The molecule has 1 aromatic heterocycles. The Morgan fingerprint density at radius 3 is 2.83 bits per heavy atom. The zero-order valence-electron chi connectivity index (χ0n) is 9.74. The number of pyridine rings is 1. The van der Waals surface area contributed by atoms with E-state index in [4.69, 9.17) is 4.74 Å². The molecule has 0 bridgehead atoms. The lowest BCUT2D eigenvalue weighted by atomic mass is 10.0. The van der Waals surface area contributed by atoms with Crippen LogP contribution >= 0.6 is 0 Å². The molecule has 18 heavy (non-hydrogen) atoms. The molecule has 1 heterocycles. The zero-order chi connectivity index (χ0) is 13.0. The summed E-state index contributed by atoms with van der Waals surface area (Å²) in [6.07, 6.45) is 4.89. The third-order valence-electron chi connectivity index (χ3n) is 2.66. The molecule has 1 unspecified atom stereocenters. The van der Waals surface area contributed by atoms with Crippen LogP contribution in [0.25, 0.3) is 0 Å². The lowest BCUT2D eigenvalue weighted by molar-refractivity contribution is -0.150. The van der Waals surface area contributed by atoms with Gasteiger partial charge in [-0.1, -0.05) is 0 Å². The Hall–Kier alpha value is -2.04. The van der Waals surface area contributed by atoms with Crippen LogP contribution in [0.4, 0.5) is 0 Å². The summed E-state index contributed by atoms with van der Waals surface area (Å²) >= 11 is 0. The topological polar surface area (TPSA) is 73.3 Å². The molecule has 0 spiro atoms. The van der Waals surface area contributed by atoms with Crippen LogP contribution in [0.5, 0.6) is 0 Å². The first-order chi connectivity index (χ1) is 8.70. The van der Waals surface area contributed by atoms with Crippen LogP contribution in [0.1, 0.15) is 29.6 Å². The molecule has 5 heteroatoms. The van der Waals surface area contributed by atoms with Crippen molar-refractivity contribution in [1.29, 1.82) is 0 Å². The molecule has 1 aliphatic carbocycles. The van der Waals surface area contributed by atoms with Crippen molar-refractivity contribution >= 4 is 18.0 Å².